The molecule has 0 aliphatic rings. The number of aliphatic hydroxyl groups is 4. The van der Waals surface area contributed by atoms with Crippen LogP contribution in [0.1, 0.15) is 26.7 Å². The van der Waals surface area contributed by atoms with E-state index in [1.165, 1.54) is 13.8 Å². The summed E-state index contributed by atoms with van der Waals surface area (Å²) in [5, 5.41) is 40.2. The van der Waals surface area contributed by atoms with Gasteiger partial charge in [0.1, 0.15) is 5.72 Å². The zero-order valence-electron chi connectivity index (χ0n) is 12.2. The van der Waals surface area contributed by atoms with E-state index in [-0.39, 0.29) is 26.0 Å². The maximum absolute atomic E-state index is 10.4. The number of nitrogens with two attached hydrogens (primary N) is 4. The summed E-state index contributed by atoms with van der Waals surface area (Å²) < 4.78 is 0. The predicted molar refractivity (Wildman–Crippen MR) is 76.3 cm³/mol. The minimum Gasteiger partial charge on any atom is -0.395 e. The molecule has 0 amide bonds. The fraction of sp³-hybridized carbons (Fsp3) is 1.00. The topological polar surface area (TPSA) is 185 Å². The Labute approximate surface area is 119 Å². The molecule has 8 heteroatoms. The molecule has 0 aromatic heterocycles. The van der Waals surface area contributed by atoms with E-state index in [1.54, 1.807) is 0 Å². The molecule has 12 N–H and O–H groups in total. The SMILES string of the molecule is CC(N)C(O)C(CC(N)CO)(C(O)CCN)C(C)(N)O. The van der Waals surface area contributed by atoms with Crippen molar-refractivity contribution in [3.05, 3.63) is 0 Å². The molecule has 0 rings (SSSR count). The Bertz CT molecular complexity index is 285. The first-order valence-corrected chi connectivity index (χ1v) is 6.74. The average Bonchev–Trinajstić information content (AvgIpc) is 2.33. The first kappa shape index (κ1) is 19.7. The molecular weight excluding hydrogens is 264 g/mol. The largest absolute Gasteiger partial charge is 0.395 e. The minimum atomic E-state index is -1.96. The van der Waals surface area contributed by atoms with E-state index < -0.39 is 35.4 Å². The summed E-state index contributed by atoms with van der Waals surface area (Å²) >= 11 is 0. The highest BCUT2D eigenvalue weighted by molar-refractivity contribution is 5.06. The molecular formula is C12H30N4O4. The maximum Gasteiger partial charge on any atom is 0.121 e. The fourth-order valence-corrected chi connectivity index (χ4v) is 2.68. The molecule has 122 valence electrons. The van der Waals surface area contributed by atoms with Gasteiger partial charge < -0.3 is 43.4 Å². The van der Waals surface area contributed by atoms with Crippen molar-refractivity contribution in [2.45, 2.75) is 56.7 Å². The maximum atomic E-state index is 10.4. The Kier molecular flexibility index (Phi) is 7.50. The van der Waals surface area contributed by atoms with Gasteiger partial charge in [0, 0.05) is 12.1 Å². The van der Waals surface area contributed by atoms with Crippen molar-refractivity contribution in [3.63, 3.8) is 0 Å². The molecule has 0 heterocycles. The monoisotopic (exact) mass is 294 g/mol. The quantitative estimate of drug-likeness (QED) is 0.204. The lowest BCUT2D eigenvalue weighted by Crippen LogP contribution is -2.69. The zero-order chi connectivity index (χ0) is 16.1. The van der Waals surface area contributed by atoms with E-state index in [0.717, 1.165) is 0 Å². The molecule has 20 heavy (non-hydrogen) atoms. The highest BCUT2D eigenvalue weighted by Gasteiger charge is 2.56. The number of hydrogen-bond acceptors (Lipinski definition) is 8. The molecule has 6 unspecified atom stereocenters. The minimum absolute atomic E-state index is 0.100. The van der Waals surface area contributed by atoms with Gasteiger partial charge in [-0.05, 0) is 33.2 Å². The van der Waals surface area contributed by atoms with Gasteiger partial charge in [-0.3, -0.25) is 0 Å². The van der Waals surface area contributed by atoms with Crippen LogP contribution in [0.15, 0.2) is 0 Å². The lowest BCUT2D eigenvalue weighted by molar-refractivity contribution is -0.198. The smallest absolute Gasteiger partial charge is 0.121 e. The second-order valence-electron chi connectivity index (χ2n) is 5.73. The number of aliphatic hydroxyl groups excluding tert-OH is 3. The van der Waals surface area contributed by atoms with Gasteiger partial charge in [0.05, 0.1) is 24.2 Å². The van der Waals surface area contributed by atoms with Crippen LogP contribution >= 0.6 is 0 Å². The molecule has 0 radical (unpaired) electrons. The van der Waals surface area contributed by atoms with E-state index >= 15 is 0 Å². The molecule has 0 aliphatic heterocycles. The Morgan fingerprint density at radius 1 is 1.20 bits per heavy atom. The lowest BCUT2D eigenvalue weighted by Gasteiger charge is -2.51. The van der Waals surface area contributed by atoms with E-state index in [1.807, 2.05) is 0 Å². The first-order chi connectivity index (χ1) is 9.04. The lowest BCUT2D eigenvalue weighted by atomic mass is 9.63. The standard InChI is InChI=1S/C12H30N4O4/c1-7(14)10(19)12(11(2,16)20,5-8(15)6-17)9(18)3-4-13/h7-10,17-20H,3-6,13-16H2,1-2H3. The van der Waals surface area contributed by atoms with Crippen LogP contribution in [0, 0.1) is 5.41 Å². The molecule has 0 saturated heterocycles. The second-order valence-corrected chi connectivity index (χ2v) is 5.73. The van der Waals surface area contributed by atoms with Crippen LogP contribution in [0.2, 0.25) is 0 Å². The van der Waals surface area contributed by atoms with Gasteiger partial charge in [-0.1, -0.05) is 0 Å². The van der Waals surface area contributed by atoms with E-state index in [2.05, 4.69) is 0 Å². The van der Waals surface area contributed by atoms with Gasteiger partial charge in [0.15, 0.2) is 0 Å². The fourth-order valence-electron chi connectivity index (χ4n) is 2.68. The van der Waals surface area contributed by atoms with Gasteiger partial charge in [0.2, 0.25) is 0 Å². The summed E-state index contributed by atoms with van der Waals surface area (Å²) in [4.78, 5) is 0. The molecule has 0 saturated carbocycles. The van der Waals surface area contributed by atoms with Crippen LogP contribution in [0.4, 0.5) is 0 Å². The van der Waals surface area contributed by atoms with Crippen molar-refractivity contribution in [1.82, 2.24) is 0 Å². The van der Waals surface area contributed by atoms with Gasteiger partial charge in [-0.25, -0.2) is 0 Å². The Morgan fingerprint density at radius 2 is 1.70 bits per heavy atom. The van der Waals surface area contributed by atoms with Gasteiger partial charge in [-0.2, -0.15) is 0 Å². The molecule has 0 bridgehead atoms. The normalized spacial score (nSPS) is 24.3. The summed E-state index contributed by atoms with van der Waals surface area (Å²) in [6, 6.07) is -1.53. The predicted octanol–water partition coefficient (Wildman–Crippen LogP) is -3.23. The molecule has 8 nitrogen and oxygen atoms in total. The van der Waals surface area contributed by atoms with E-state index in [4.69, 9.17) is 28.0 Å². The summed E-state index contributed by atoms with van der Waals surface area (Å²) in [6.07, 6.45) is -2.53. The summed E-state index contributed by atoms with van der Waals surface area (Å²) in [6.45, 7) is 2.56. The highest BCUT2D eigenvalue weighted by atomic mass is 16.3. The van der Waals surface area contributed by atoms with Crippen LogP contribution in [0.5, 0.6) is 0 Å². The van der Waals surface area contributed by atoms with Crippen LogP contribution in [0.25, 0.3) is 0 Å². The number of rotatable bonds is 9. The summed E-state index contributed by atoms with van der Waals surface area (Å²) in [7, 11) is 0. The van der Waals surface area contributed by atoms with Crippen LogP contribution in [0.3, 0.4) is 0 Å². The zero-order valence-corrected chi connectivity index (χ0v) is 12.2. The van der Waals surface area contributed by atoms with Crippen molar-refractivity contribution in [2.24, 2.45) is 28.3 Å². The van der Waals surface area contributed by atoms with Gasteiger partial charge in [0.25, 0.3) is 0 Å². The van der Waals surface area contributed by atoms with Crippen molar-refractivity contribution in [1.29, 1.82) is 0 Å². The Balaban J connectivity index is 5.76. The molecule has 0 spiro atoms. The van der Waals surface area contributed by atoms with Gasteiger partial charge in [-0.15, -0.1) is 0 Å². The molecule has 6 atom stereocenters. The molecule has 0 fully saturated rings. The van der Waals surface area contributed by atoms with Gasteiger partial charge >= 0.3 is 0 Å². The average molecular weight is 294 g/mol. The third kappa shape index (κ3) is 4.09. The van der Waals surface area contributed by atoms with Crippen molar-refractivity contribution >= 4 is 0 Å². The third-order valence-corrected chi connectivity index (χ3v) is 3.84. The Hall–Kier alpha value is -0.320. The second kappa shape index (κ2) is 7.62. The van der Waals surface area contributed by atoms with Crippen molar-refractivity contribution in [2.75, 3.05) is 13.2 Å². The Morgan fingerprint density at radius 3 is 2.00 bits per heavy atom. The molecule has 0 aromatic carbocycles. The number of hydrogen-bond donors (Lipinski definition) is 8. The molecule has 0 aromatic rings. The first-order valence-electron chi connectivity index (χ1n) is 6.74. The van der Waals surface area contributed by atoms with Crippen LogP contribution in [-0.4, -0.2) is 63.6 Å². The third-order valence-electron chi connectivity index (χ3n) is 3.84. The van der Waals surface area contributed by atoms with Crippen LogP contribution in [-0.2, 0) is 0 Å². The van der Waals surface area contributed by atoms with Crippen molar-refractivity contribution in [3.8, 4) is 0 Å². The van der Waals surface area contributed by atoms with Crippen molar-refractivity contribution < 1.29 is 20.4 Å². The van der Waals surface area contributed by atoms with Crippen LogP contribution < -0.4 is 22.9 Å². The summed E-state index contributed by atoms with van der Waals surface area (Å²) in [5.74, 6) is 0. The molecule has 0 aliphatic carbocycles. The van der Waals surface area contributed by atoms with E-state index in [0.29, 0.717) is 0 Å². The highest BCUT2D eigenvalue weighted by Crippen LogP contribution is 2.42. The summed E-state index contributed by atoms with van der Waals surface area (Å²) in [5.41, 5.74) is 19.1. The van der Waals surface area contributed by atoms with E-state index in [9.17, 15) is 15.3 Å².